The number of hydrogen-bond donors (Lipinski definition) is 2. The lowest BCUT2D eigenvalue weighted by atomic mass is 9.98. The SMILES string of the molecule is O=C(c1nn(-c2ccc(F)cc2)cc1O)N1CCC(CO)CC1. The summed E-state index contributed by atoms with van der Waals surface area (Å²) >= 11 is 0. The number of carbonyl (C=O) groups excluding carboxylic acids is 1. The number of amides is 1. The molecule has 2 aromatic rings. The van der Waals surface area contributed by atoms with E-state index >= 15 is 0 Å². The van der Waals surface area contributed by atoms with Crippen LogP contribution in [0.3, 0.4) is 0 Å². The van der Waals surface area contributed by atoms with Gasteiger partial charge in [0.2, 0.25) is 0 Å². The highest BCUT2D eigenvalue weighted by Gasteiger charge is 2.27. The Morgan fingerprint density at radius 3 is 2.52 bits per heavy atom. The van der Waals surface area contributed by atoms with Crippen molar-refractivity contribution in [3.63, 3.8) is 0 Å². The number of rotatable bonds is 3. The number of benzene rings is 1. The van der Waals surface area contributed by atoms with E-state index in [0.717, 1.165) is 12.8 Å². The van der Waals surface area contributed by atoms with Crippen LogP contribution in [0.5, 0.6) is 5.75 Å². The molecule has 0 spiro atoms. The third-order valence-corrected chi connectivity index (χ3v) is 4.15. The van der Waals surface area contributed by atoms with E-state index in [2.05, 4.69) is 5.10 Å². The summed E-state index contributed by atoms with van der Waals surface area (Å²) in [7, 11) is 0. The molecular formula is C16H18FN3O3. The van der Waals surface area contributed by atoms with Gasteiger partial charge in [0.25, 0.3) is 5.91 Å². The zero-order chi connectivity index (χ0) is 16.4. The zero-order valence-electron chi connectivity index (χ0n) is 12.5. The molecule has 3 rings (SSSR count). The van der Waals surface area contributed by atoms with Gasteiger partial charge in [-0.3, -0.25) is 4.79 Å². The Hall–Kier alpha value is -2.41. The number of aromatic nitrogens is 2. The van der Waals surface area contributed by atoms with Gasteiger partial charge in [0, 0.05) is 19.7 Å². The maximum absolute atomic E-state index is 13.0. The highest BCUT2D eigenvalue weighted by molar-refractivity contribution is 5.94. The Morgan fingerprint density at radius 1 is 1.26 bits per heavy atom. The fraction of sp³-hybridized carbons (Fsp3) is 0.375. The molecule has 2 heterocycles. The number of aliphatic hydroxyl groups excluding tert-OH is 1. The smallest absolute Gasteiger partial charge is 0.278 e. The topological polar surface area (TPSA) is 78.6 Å². The summed E-state index contributed by atoms with van der Waals surface area (Å²) in [5.41, 5.74) is 0.538. The Kier molecular flexibility index (Phi) is 4.29. The molecule has 1 saturated heterocycles. The lowest BCUT2D eigenvalue weighted by molar-refractivity contribution is 0.0642. The van der Waals surface area contributed by atoms with Gasteiger partial charge in [-0.15, -0.1) is 0 Å². The molecule has 1 aliphatic heterocycles. The lowest BCUT2D eigenvalue weighted by Gasteiger charge is -2.30. The summed E-state index contributed by atoms with van der Waals surface area (Å²) in [6, 6.07) is 5.61. The number of carbonyl (C=O) groups is 1. The highest BCUT2D eigenvalue weighted by Crippen LogP contribution is 2.23. The molecular weight excluding hydrogens is 301 g/mol. The Balaban J connectivity index is 1.78. The normalized spacial score (nSPS) is 15.8. The van der Waals surface area contributed by atoms with E-state index < -0.39 is 0 Å². The van der Waals surface area contributed by atoms with Crippen molar-refractivity contribution in [3.05, 3.63) is 42.0 Å². The van der Waals surface area contributed by atoms with Gasteiger partial charge in [0.05, 0.1) is 11.9 Å². The van der Waals surface area contributed by atoms with Crippen LogP contribution in [0.1, 0.15) is 23.3 Å². The summed E-state index contributed by atoms with van der Waals surface area (Å²) in [4.78, 5) is 14.1. The predicted octanol–water partition coefficient (Wildman–Crippen LogP) is 1.56. The molecule has 2 N–H and O–H groups in total. The summed E-state index contributed by atoms with van der Waals surface area (Å²) in [5.74, 6) is -0.680. The number of halogens is 1. The Labute approximate surface area is 132 Å². The zero-order valence-corrected chi connectivity index (χ0v) is 12.5. The van der Waals surface area contributed by atoms with Gasteiger partial charge in [-0.25, -0.2) is 9.07 Å². The van der Waals surface area contributed by atoms with E-state index in [4.69, 9.17) is 5.11 Å². The Morgan fingerprint density at radius 2 is 1.91 bits per heavy atom. The summed E-state index contributed by atoms with van der Waals surface area (Å²) in [6.07, 6.45) is 2.81. The van der Waals surface area contributed by atoms with Gasteiger partial charge in [-0.05, 0) is 43.0 Å². The number of aliphatic hydroxyl groups is 1. The van der Waals surface area contributed by atoms with Gasteiger partial charge < -0.3 is 15.1 Å². The van der Waals surface area contributed by atoms with Gasteiger partial charge >= 0.3 is 0 Å². The van der Waals surface area contributed by atoms with Crippen LogP contribution in [-0.4, -0.2) is 50.5 Å². The fourth-order valence-corrected chi connectivity index (χ4v) is 2.71. The van der Waals surface area contributed by atoms with E-state index in [0.29, 0.717) is 18.8 Å². The van der Waals surface area contributed by atoms with E-state index in [1.165, 1.54) is 35.1 Å². The average molecular weight is 319 g/mol. The minimum atomic E-state index is -0.367. The monoisotopic (exact) mass is 319 g/mol. The van der Waals surface area contributed by atoms with Crippen LogP contribution in [0, 0.1) is 11.7 Å². The number of likely N-dealkylation sites (tertiary alicyclic amines) is 1. The van der Waals surface area contributed by atoms with Crippen molar-refractivity contribution in [3.8, 4) is 11.4 Å². The van der Waals surface area contributed by atoms with Gasteiger partial charge in [-0.2, -0.15) is 5.10 Å². The molecule has 0 aliphatic carbocycles. The van der Waals surface area contributed by atoms with Crippen molar-refractivity contribution in [2.75, 3.05) is 19.7 Å². The van der Waals surface area contributed by atoms with Crippen LogP contribution < -0.4 is 0 Å². The number of aromatic hydroxyl groups is 1. The molecule has 0 saturated carbocycles. The number of nitrogens with zero attached hydrogens (tertiary/aromatic N) is 3. The first kappa shape index (κ1) is 15.5. The second-order valence-electron chi connectivity index (χ2n) is 5.70. The van der Waals surface area contributed by atoms with E-state index in [9.17, 15) is 14.3 Å². The lowest BCUT2D eigenvalue weighted by Crippen LogP contribution is -2.39. The molecule has 1 aliphatic rings. The third kappa shape index (κ3) is 3.19. The highest BCUT2D eigenvalue weighted by atomic mass is 19.1. The Bertz CT molecular complexity index is 691. The van der Waals surface area contributed by atoms with E-state index in [1.54, 1.807) is 4.90 Å². The largest absolute Gasteiger partial charge is 0.504 e. The van der Waals surface area contributed by atoms with Crippen molar-refractivity contribution in [1.82, 2.24) is 14.7 Å². The summed E-state index contributed by atoms with van der Waals surface area (Å²) in [5, 5.41) is 23.3. The fourth-order valence-electron chi connectivity index (χ4n) is 2.71. The van der Waals surface area contributed by atoms with Crippen molar-refractivity contribution in [2.24, 2.45) is 5.92 Å². The minimum Gasteiger partial charge on any atom is -0.504 e. The van der Waals surface area contributed by atoms with E-state index in [-0.39, 0.29) is 35.7 Å². The maximum Gasteiger partial charge on any atom is 0.278 e. The first-order valence-corrected chi connectivity index (χ1v) is 7.53. The van der Waals surface area contributed by atoms with Crippen LogP contribution in [-0.2, 0) is 0 Å². The minimum absolute atomic E-state index is 0.0169. The van der Waals surface area contributed by atoms with Crippen LogP contribution in [0.15, 0.2) is 30.5 Å². The molecule has 1 aromatic heterocycles. The summed E-state index contributed by atoms with van der Waals surface area (Å²) < 4.78 is 14.3. The first-order chi connectivity index (χ1) is 11.1. The maximum atomic E-state index is 13.0. The number of piperidine rings is 1. The molecule has 0 radical (unpaired) electrons. The van der Waals surface area contributed by atoms with Gasteiger partial charge in [0.1, 0.15) is 5.82 Å². The molecule has 0 bridgehead atoms. The van der Waals surface area contributed by atoms with Crippen LogP contribution in [0.2, 0.25) is 0 Å². The standard InChI is InChI=1S/C16H18FN3O3/c17-12-1-3-13(4-2-12)20-9-14(22)15(18-20)16(23)19-7-5-11(10-21)6-8-19/h1-4,9,11,21-22H,5-8,10H2. The molecule has 7 heteroatoms. The van der Waals surface area contributed by atoms with Crippen LogP contribution in [0.4, 0.5) is 4.39 Å². The molecule has 1 fully saturated rings. The average Bonchev–Trinajstić information content (AvgIpc) is 2.96. The molecule has 1 amide bonds. The molecule has 1 aromatic carbocycles. The molecule has 0 unspecified atom stereocenters. The van der Waals surface area contributed by atoms with Crippen molar-refractivity contribution in [1.29, 1.82) is 0 Å². The van der Waals surface area contributed by atoms with Gasteiger partial charge in [0.15, 0.2) is 11.4 Å². The second-order valence-corrected chi connectivity index (χ2v) is 5.70. The van der Waals surface area contributed by atoms with Gasteiger partial charge in [-0.1, -0.05) is 0 Å². The summed E-state index contributed by atoms with van der Waals surface area (Å²) in [6.45, 7) is 1.20. The van der Waals surface area contributed by atoms with Crippen LogP contribution >= 0.6 is 0 Å². The van der Waals surface area contributed by atoms with Crippen molar-refractivity contribution >= 4 is 5.91 Å². The molecule has 6 nitrogen and oxygen atoms in total. The quantitative estimate of drug-likeness (QED) is 0.900. The van der Waals surface area contributed by atoms with Crippen molar-refractivity contribution in [2.45, 2.75) is 12.8 Å². The van der Waals surface area contributed by atoms with E-state index in [1.807, 2.05) is 0 Å². The van der Waals surface area contributed by atoms with Crippen LogP contribution in [0.25, 0.3) is 5.69 Å². The first-order valence-electron chi connectivity index (χ1n) is 7.53. The molecule has 0 atom stereocenters. The molecule has 23 heavy (non-hydrogen) atoms. The number of hydrogen-bond acceptors (Lipinski definition) is 4. The molecule has 122 valence electrons. The van der Waals surface area contributed by atoms with Crippen molar-refractivity contribution < 1.29 is 19.4 Å². The second kappa shape index (κ2) is 6.37. The third-order valence-electron chi connectivity index (χ3n) is 4.15. The predicted molar refractivity (Wildman–Crippen MR) is 80.9 cm³/mol.